The number of likely N-dealkylation sites (tertiary alicyclic amines) is 1. The molecule has 54 heavy (non-hydrogen) atoms. The summed E-state index contributed by atoms with van der Waals surface area (Å²) in [7, 11) is 4.45. The Hall–Kier alpha value is -4.92. The van der Waals surface area contributed by atoms with Gasteiger partial charge in [0.05, 0.1) is 28.9 Å². The molecule has 2 aromatic carbocycles. The quantitative estimate of drug-likeness (QED) is 0.181. The first kappa shape index (κ1) is 36.1. The number of ether oxygens (including phenoxy) is 1. The van der Waals surface area contributed by atoms with Crippen molar-refractivity contribution in [3.8, 4) is 28.3 Å². The number of aliphatic hydroxyl groups excluding tert-OH is 1. The SMILES string of the molecule is COc1nc(-c2cccc(-c3cccc(Nc4nc(C(F)F)nc5c4C(O)N(C)C(=O)N5C)c3C)c2Cl)cc2c1C(N1CCC3(CCCC(=O)N3)C1)CC2. The monoisotopic (exact) mass is 758 g/mol. The first-order valence-electron chi connectivity index (χ1n) is 18.1. The number of nitrogens with one attached hydrogen (secondary N) is 2. The van der Waals surface area contributed by atoms with Crippen molar-refractivity contribution < 1.29 is 28.2 Å². The van der Waals surface area contributed by atoms with Gasteiger partial charge in [-0.25, -0.2) is 28.5 Å². The summed E-state index contributed by atoms with van der Waals surface area (Å²) in [6.07, 6.45) is 0.769. The molecule has 3 N–H and O–H groups in total. The lowest BCUT2D eigenvalue weighted by Gasteiger charge is -2.36. The van der Waals surface area contributed by atoms with Gasteiger partial charge in [-0.3, -0.25) is 19.5 Å². The zero-order valence-electron chi connectivity index (χ0n) is 30.4. The maximum Gasteiger partial charge on any atom is 0.327 e. The van der Waals surface area contributed by atoms with Crippen LogP contribution in [0.25, 0.3) is 22.4 Å². The minimum absolute atomic E-state index is 0.0468. The topological polar surface area (TPSA) is 136 Å². The molecule has 3 amide bonds. The van der Waals surface area contributed by atoms with Crippen LogP contribution in [0.15, 0.2) is 42.5 Å². The van der Waals surface area contributed by atoms with E-state index in [1.807, 2.05) is 37.3 Å². The number of alkyl halides is 2. The van der Waals surface area contributed by atoms with E-state index in [1.165, 1.54) is 14.1 Å². The van der Waals surface area contributed by atoms with Crippen LogP contribution in [0.5, 0.6) is 5.88 Å². The van der Waals surface area contributed by atoms with Crippen LogP contribution in [0.3, 0.4) is 0 Å². The minimum Gasteiger partial charge on any atom is -0.481 e. The third-order valence-electron chi connectivity index (χ3n) is 11.4. The number of hydrogen-bond acceptors (Lipinski definition) is 9. The van der Waals surface area contributed by atoms with E-state index in [-0.39, 0.29) is 34.7 Å². The van der Waals surface area contributed by atoms with Crippen molar-refractivity contribution in [3.05, 3.63) is 75.6 Å². The fraction of sp³-hybridized carbons (Fsp3) is 0.410. The molecular weight excluding hydrogens is 718 g/mol. The normalized spacial score (nSPS) is 22.5. The summed E-state index contributed by atoms with van der Waals surface area (Å²) in [6.45, 7) is 3.59. The summed E-state index contributed by atoms with van der Waals surface area (Å²) >= 11 is 7.23. The molecule has 2 fully saturated rings. The minimum atomic E-state index is -3.01. The Kier molecular flexibility index (Phi) is 9.18. The van der Waals surface area contributed by atoms with Crippen molar-refractivity contribution in [3.63, 3.8) is 0 Å². The van der Waals surface area contributed by atoms with E-state index in [4.69, 9.17) is 21.3 Å². The summed E-state index contributed by atoms with van der Waals surface area (Å²) in [4.78, 5) is 42.6. The van der Waals surface area contributed by atoms with Crippen molar-refractivity contribution in [2.45, 2.75) is 69.7 Å². The van der Waals surface area contributed by atoms with Crippen LogP contribution in [0.2, 0.25) is 5.02 Å². The van der Waals surface area contributed by atoms with Crippen molar-refractivity contribution in [1.29, 1.82) is 0 Å². The van der Waals surface area contributed by atoms with Gasteiger partial charge < -0.3 is 20.5 Å². The molecule has 3 aliphatic heterocycles. The lowest BCUT2D eigenvalue weighted by molar-refractivity contribution is -0.125. The molecule has 1 spiro atoms. The average Bonchev–Trinajstić information content (AvgIpc) is 3.77. The molecule has 0 bridgehead atoms. The van der Waals surface area contributed by atoms with Gasteiger partial charge in [-0.1, -0.05) is 41.9 Å². The average molecular weight is 759 g/mol. The van der Waals surface area contributed by atoms with Crippen LogP contribution in [0.1, 0.15) is 78.9 Å². The molecule has 12 nitrogen and oxygen atoms in total. The van der Waals surface area contributed by atoms with Gasteiger partial charge in [0.2, 0.25) is 11.8 Å². The summed E-state index contributed by atoms with van der Waals surface area (Å²) in [5.74, 6) is -0.214. The number of urea groups is 1. The predicted octanol–water partition coefficient (Wildman–Crippen LogP) is 7.08. The van der Waals surface area contributed by atoms with Gasteiger partial charge in [0.25, 0.3) is 6.43 Å². The van der Waals surface area contributed by atoms with Gasteiger partial charge in [0, 0.05) is 62.0 Å². The molecule has 4 aliphatic rings. The van der Waals surface area contributed by atoms with E-state index >= 15 is 0 Å². The number of piperidine rings is 1. The smallest absolute Gasteiger partial charge is 0.327 e. The van der Waals surface area contributed by atoms with E-state index in [0.717, 1.165) is 88.4 Å². The molecule has 1 aliphatic carbocycles. The highest BCUT2D eigenvalue weighted by Gasteiger charge is 2.45. The second kappa shape index (κ2) is 13.7. The van der Waals surface area contributed by atoms with Gasteiger partial charge in [0.1, 0.15) is 11.6 Å². The van der Waals surface area contributed by atoms with Crippen molar-refractivity contribution >= 4 is 40.9 Å². The number of nitrogens with zero attached hydrogens (tertiary/aromatic N) is 6. The zero-order valence-corrected chi connectivity index (χ0v) is 31.2. The Morgan fingerprint density at radius 1 is 1.04 bits per heavy atom. The fourth-order valence-corrected chi connectivity index (χ4v) is 8.96. The third-order valence-corrected chi connectivity index (χ3v) is 11.8. The number of anilines is 3. The Labute approximate surface area is 316 Å². The highest BCUT2D eigenvalue weighted by Crippen LogP contribution is 2.47. The van der Waals surface area contributed by atoms with E-state index in [2.05, 4.69) is 31.6 Å². The Balaban J connectivity index is 1.12. The van der Waals surface area contributed by atoms with Crippen LogP contribution < -0.4 is 20.3 Å². The number of fused-ring (bicyclic) bond motifs is 2. The molecule has 2 aromatic heterocycles. The standard InChI is InChI=1S/C39H41ClF2N8O4/c1-20-22(8-6-11-25(20)43-33-30-35(46-34(45-33)32(41)42)48(2)38(53)49(3)37(30)52)23-9-5-10-24(31(23)40)26-18-21-13-14-27(29(21)36(44-26)54-4)50-17-16-39(19-50)15-7-12-28(51)47-39/h5-6,8-11,18,27,32,37,52H,7,12-17,19H2,1-4H3,(H,47,51)(H,43,45,46). The number of aromatic nitrogens is 3. The van der Waals surface area contributed by atoms with Crippen molar-refractivity contribution in [2.24, 2.45) is 0 Å². The molecule has 5 heterocycles. The van der Waals surface area contributed by atoms with Gasteiger partial charge in [-0.2, -0.15) is 0 Å². The molecule has 4 aromatic rings. The van der Waals surface area contributed by atoms with Crippen LogP contribution in [-0.2, 0) is 11.2 Å². The lowest BCUT2D eigenvalue weighted by Crippen LogP contribution is -2.53. The number of amides is 3. The van der Waals surface area contributed by atoms with Gasteiger partial charge >= 0.3 is 6.03 Å². The van der Waals surface area contributed by atoms with Gasteiger partial charge in [0.15, 0.2) is 12.1 Å². The molecule has 2 saturated heterocycles. The van der Waals surface area contributed by atoms with Crippen molar-refractivity contribution in [1.82, 2.24) is 30.1 Å². The van der Waals surface area contributed by atoms with Gasteiger partial charge in [-0.15, -0.1) is 0 Å². The number of methoxy groups -OCH3 is 1. The Morgan fingerprint density at radius 2 is 1.80 bits per heavy atom. The number of benzene rings is 2. The second-order valence-corrected chi connectivity index (χ2v) is 15.0. The highest BCUT2D eigenvalue weighted by molar-refractivity contribution is 6.36. The molecule has 3 unspecified atom stereocenters. The van der Waals surface area contributed by atoms with Crippen LogP contribution in [0, 0.1) is 6.92 Å². The zero-order chi connectivity index (χ0) is 38.1. The summed E-state index contributed by atoms with van der Waals surface area (Å²) < 4.78 is 33.9. The number of carbonyl (C=O) groups is 2. The second-order valence-electron chi connectivity index (χ2n) is 14.6. The molecule has 3 atom stereocenters. The Morgan fingerprint density at radius 3 is 2.56 bits per heavy atom. The largest absolute Gasteiger partial charge is 0.481 e. The fourth-order valence-electron chi connectivity index (χ4n) is 8.64. The van der Waals surface area contributed by atoms with Gasteiger partial charge in [-0.05, 0) is 67.9 Å². The molecule has 282 valence electrons. The number of pyridine rings is 1. The highest BCUT2D eigenvalue weighted by atomic mass is 35.5. The van der Waals surface area contributed by atoms with Crippen molar-refractivity contribution in [2.75, 3.05) is 44.5 Å². The Bertz CT molecular complexity index is 2190. The molecule has 8 rings (SSSR count). The molecule has 0 radical (unpaired) electrons. The number of rotatable bonds is 7. The number of aryl methyl sites for hydroxylation is 1. The maximum atomic E-state index is 14.0. The number of aliphatic hydroxyl groups is 1. The van der Waals surface area contributed by atoms with E-state index in [1.54, 1.807) is 13.2 Å². The summed E-state index contributed by atoms with van der Waals surface area (Å²) in [5, 5.41) is 18.0. The van der Waals surface area contributed by atoms with Crippen LogP contribution in [-0.4, -0.2) is 81.6 Å². The molecule has 0 saturated carbocycles. The maximum absolute atomic E-state index is 14.0. The number of carbonyl (C=O) groups excluding carboxylic acids is 2. The van der Waals surface area contributed by atoms with E-state index < -0.39 is 24.5 Å². The van der Waals surface area contributed by atoms with E-state index in [0.29, 0.717) is 28.7 Å². The number of hydrogen-bond donors (Lipinski definition) is 3. The lowest BCUT2D eigenvalue weighted by atomic mass is 9.88. The molecular formula is C39H41ClF2N8O4. The third kappa shape index (κ3) is 6.00. The first-order valence-corrected chi connectivity index (χ1v) is 18.4. The first-order chi connectivity index (χ1) is 25.9. The summed E-state index contributed by atoms with van der Waals surface area (Å²) in [5.41, 5.74) is 6.39. The van der Waals surface area contributed by atoms with Crippen LogP contribution >= 0.6 is 11.6 Å². The number of halogens is 3. The molecule has 15 heteroatoms. The van der Waals surface area contributed by atoms with Crippen LogP contribution in [0.4, 0.5) is 30.9 Å². The summed E-state index contributed by atoms with van der Waals surface area (Å²) in [6, 6.07) is 12.9. The van der Waals surface area contributed by atoms with E-state index in [9.17, 15) is 23.5 Å². The predicted molar refractivity (Wildman–Crippen MR) is 200 cm³/mol.